The van der Waals surface area contributed by atoms with E-state index in [0.717, 1.165) is 89.9 Å². The van der Waals surface area contributed by atoms with Crippen LogP contribution in [0.1, 0.15) is 57.1 Å². The maximum atomic E-state index is 9.27. The van der Waals surface area contributed by atoms with Crippen molar-refractivity contribution >= 4 is 32.7 Å². The number of nitrogens with zero attached hydrogens (tertiary/aromatic N) is 6. The molecule has 0 saturated heterocycles. The van der Waals surface area contributed by atoms with Gasteiger partial charge in [0.05, 0.1) is 28.2 Å². The van der Waals surface area contributed by atoms with Crippen LogP contribution in [0.2, 0.25) is 0 Å². The van der Waals surface area contributed by atoms with Crippen LogP contribution in [0.25, 0.3) is 106 Å². The van der Waals surface area contributed by atoms with Crippen LogP contribution in [0.4, 0.5) is 0 Å². The van der Waals surface area contributed by atoms with Gasteiger partial charge in [-0.3, -0.25) is 4.98 Å². The summed E-state index contributed by atoms with van der Waals surface area (Å²) in [5.74, 6) is 4.14. The maximum absolute atomic E-state index is 9.27. The molecule has 2 saturated carbocycles. The summed E-state index contributed by atoms with van der Waals surface area (Å²) in [5, 5.41) is 12.7. The molecule has 0 aliphatic heterocycles. The molecule has 3 heterocycles. The van der Waals surface area contributed by atoms with Gasteiger partial charge >= 0.3 is 0 Å². The SMILES string of the molecule is C[C@@H]1CC2C[C@H](C)CC(c3ccc(-c4nc(-c5ccc(-c6ccc(-c7ccc(-c8ccc(C#N)cc8)cc7)c7ccccc67)cc5)nc(-c5cnc6c7ccccc7n(-c7ccccc7)c6c5)n4)cc3)(C2)C1. The highest BCUT2D eigenvalue weighted by Crippen LogP contribution is 2.54. The number of pyridine rings is 1. The fourth-order valence-corrected chi connectivity index (χ4v) is 12.8. The van der Waals surface area contributed by atoms with E-state index in [1.54, 1.807) is 0 Å². The lowest BCUT2D eigenvalue weighted by Crippen LogP contribution is -2.42. The quantitative estimate of drug-likeness (QED) is 0.152. The van der Waals surface area contributed by atoms with Gasteiger partial charge in [-0.15, -0.1) is 0 Å². The number of nitriles is 1. The summed E-state index contributed by atoms with van der Waals surface area (Å²) in [5.41, 5.74) is 16.0. The maximum Gasteiger partial charge on any atom is 0.165 e. The van der Waals surface area contributed by atoms with E-state index in [-0.39, 0.29) is 5.41 Å². The number of rotatable bonds is 8. The molecule has 3 aromatic heterocycles. The van der Waals surface area contributed by atoms with Crippen molar-refractivity contribution in [3.63, 3.8) is 0 Å². The molecule has 6 nitrogen and oxygen atoms in total. The molecule has 4 atom stereocenters. The van der Waals surface area contributed by atoms with Crippen LogP contribution in [0.5, 0.6) is 0 Å². The van der Waals surface area contributed by atoms with E-state index in [9.17, 15) is 5.26 Å². The number of aromatic nitrogens is 5. The molecule has 11 aromatic rings. The number of hydrogen-bond donors (Lipinski definition) is 0. The third-order valence-corrected chi connectivity index (χ3v) is 15.7. The molecule has 2 bridgehead atoms. The van der Waals surface area contributed by atoms with Crippen molar-refractivity contribution in [2.45, 2.75) is 51.4 Å². The first-order valence-electron chi connectivity index (χ1n) is 25.4. The normalized spacial score (nSPS) is 18.6. The zero-order valence-electron chi connectivity index (χ0n) is 40.5. The van der Waals surface area contributed by atoms with E-state index in [0.29, 0.717) is 23.0 Å². The molecule has 0 amide bonds. The second-order valence-electron chi connectivity index (χ2n) is 20.7. The molecule has 6 heteroatoms. The van der Waals surface area contributed by atoms with E-state index in [1.807, 2.05) is 30.5 Å². The van der Waals surface area contributed by atoms with Crippen molar-refractivity contribution < 1.29 is 0 Å². The van der Waals surface area contributed by atoms with E-state index < -0.39 is 0 Å². The van der Waals surface area contributed by atoms with Crippen LogP contribution in [-0.4, -0.2) is 24.5 Å². The van der Waals surface area contributed by atoms with Gasteiger partial charge in [0, 0.05) is 34.0 Å². The molecule has 2 aliphatic carbocycles. The second kappa shape index (κ2) is 17.7. The van der Waals surface area contributed by atoms with Gasteiger partial charge in [0.1, 0.15) is 0 Å². The Morgan fingerprint density at radius 2 is 0.958 bits per heavy atom. The lowest BCUT2D eigenvalue weighted by Gasteiger charge is -2.50. The summed E-state index contributed by atoms with van der Waals surface area (Å²) < 4.78 is 2.29. The first-order valence-corrected chi connectivity index (χ1v) is 25.4. The molecular formula is C66H52N6. The number of fused-ring (bicyclic) bond motifs is 6. The predicted octanol–water partition coefficient (Wildman–Crippen LogP) is 16.5. The number of benzene rings is 8. The smallest absolute Gasteiger partial charge is 0.165 e. The Morgan fingerprint density at radius 3 is 1.54 bits per heavy atom. The monoisotopic (exact) mass is 928 g/mol. The van der Waals surface area contributed by atoms with Crippen LogP contribution >= 0.6 is 0 Å². The van der Waals surface area contributed by atoms with E-state index in [1.165, 1.54) is 54.0 Å². The van der Waals surface area contributed by atoms with E-state index in [2.05, 4.69) is 194 Å². The van der Waals surface area contributed by atoms with Gasteiger partial charge in [0.25, 0.3) is 0 Å². The van der Waals surface area contributed by atoms with Gasteiger partial charge in [0.2, 0.25) is 0 Å². The predicted molar refractivity (Wildman–Crippen MR) is 293 cm³/mol. The fourth-order valence-electron chi connectivity index (χ4n) is 12.8. The van der Waals surface area contributed by atoms with Crippen LogP contribution in [0.3, 0.4) is 0 Å². The first kappa shape index (κ1) is 43.5. The zero-order valence-corrected chi connectivity index (χ0v) is 40.5. The van der Waals surface area contributed by atoms with Crippen molar-refractivity contribution in [3.8, 4) is 79.3 Å². The van der Waals surface area contributed by atoms with Crippen molar-refractivity contribution in [1.29, 1.82) is 5.26 Å². The van der Waals surface area contributed by atoms with Gasteiger partial charge in [-0.1, -0.05) is 172 Å². The average molecular weight is 929 g/mol. The van der Waals surface area contributed by atoms with Crippen LogP contribution < -0.4 is 0 Å². The van der Waals surface area contributed by atoms with E-state index in [4.69, 9.17) is 19.9 Å². The van der Waals surface area contributed by atoms with Crippen LogP contribution in [-0.2, 0) is 5.41 Å². The lowest BCUT2D eigenvalue weighted by molar-refractivity contribution is 0.0780. The summed E-state index contributed by atoms with van der Waals surface area (Å²) >= 11 is 0. The van der Waals surface area contributed by atoms with Crippen molar-refractivity contribution in [2.75, 3.05) is 0 Å². The summed E-state index contributed by atoms with van der Waals surface area (Å²) in [6.07, 6.45) is 8.44. The highest BCUT2D eigenvalue weighted by Gasteiger charge is 2.45. The van der Waals surface area contributed by atoms with Gasteiger partial charge in [-0.05, 0) is 141 Å². The highest BCUT2D eigenvalue weighted by atomic mass is 15.0. The fraction of sp³-hybridized carbons (Fsp3) is 0.167. The molecule has 346 valence electrons. The molecule has 2 fully saturated rings. The lowest BCUT2D eigenvalue weighted by atomic mass is 9.54. The minimum atomic E-state index is 0.235. The summed E-state index contributed by atoms with van der Waals surface area (Å²) in [6, 6.07) is 70.8. The molecule has 72 heavy (non-hydrogen) atoms. The molecule has 0 N–H and O–H groups in total. The Labute approximate surface area is 420 Å². The Kier molecular flexibility index (Phi) is 10.7. The van der Waals surface area contributed by atoms with Crippen molar-refractivity contribution in [1.82, 2.24) is 24.5 Å². The Balaban J connectivity index is 0.887. The Bertz CT molecular complexity index is 3850. The topological polar surface area (TPSA) is 80.3 Å². The van der Waals surface area contributed by atoms with Gasteiger partial charge < -0.3 is 4.57 Å². The minimum absolute atomic E-state index is 0.235. The minimum Gasteiger partial charge on any atom is -0.308 e. The highest BCUT2D eigenvalue weighted by molar-refractivity contribution is 6.08. The molecular weight excluding hydrogens is 877 g/mol. The van der Waals surface area contributed by atoms with Gasteiger partial charge in [-0.2, -0.15) is 5.26 Å². The summed E-state index contributed by atoms with van der Waals surface area (Å²) in [7, 11) is 0. The molecule has 13 rings (SSSR count). The van der Waals surface area contributed by atoms with E-state index >= 15 is 0 Å². The summed E-state index contributed by atoms with van der Waals surface area (Å²) in [6.45, 7) is 4.91. The Morgan fingerprint density at radius 1 is 0.472 bits per heavy atom. The number of para-hydroxylation sites is 2. The second-order valence-corrected chi connectivity index (χ2v) is 20.7. The molecule has 0 spiro atoms. The summed E-state index contributed by atoms with van der Waals surface area (Å²) in [4.78, 5) is 20.9. The molecule has 2 unspecified atom stereocenters. The van der Waals surface area contributed by atoms with Gasteiger partial charge in [-0.25, -0.2) is 15.0 Å². The van der Waals surface area contributed by atoms with Crippen LogP contribution in [0.15, 0.2) is 200 Å². The van der Waals surface area contributed by atoms with Crippen molar-refractivity contribution in [3.05, 3.63) is 211 Å². The molecule has 0 radical (unpaired) electrons. The van der Waals surface area contributed by atoms with Crippen LogP contribution in [0, 0.1) is 29.1 Å². The third kappa shape index (κ3) is 7.73. The Hall–Kier alpha value is -8.53. The van der Waals surface area contributed by atoms with Crippen molar-refractivity contribution in [2.24, 2.45) is 17.8 Å². The zero-order chi connectivity index (χ0) is 48.3. The third-order valence-electron chi connectivity index (χ3n) is 15.7. The standard InChI is InChI=1S/C66H52N6/c1-42-34-45-35-43(2)38-66(37-42,39-45)53-30-28-51(29-31-53)64-69-63(70-65(71-64)52-36-61-62(68-41-52)59-14-8-9-15-60(59)72(61)54-10-4-3-5-11-54)50-26-24-49(25-27-50)56-33-32-55(57-12-6-7-13-58(56)57)48-22-20-47(21-23-48)46-18-16-44(40-67)17-19-46/h3-33,36,41-43,45H,34-35,37-39H2,1-2H3/t42-,43+,45?,66?. The molecule has 8 aromatic carbocycles. The largest absolute Gasteiger partial charge is 0.308 e. The number of hydrogen-bond acceptors (Lipinski definition) is 5. The average Bonchev–Trinajstić information content (AvgIpc) is 3.76. The van der Waals surface area contributed by atoms with Gasteiger partial charge in [0.15, 0.2) is 17.5 Å². The molecule has 2 aliphatic rings. The first-order chi connectivity index (χ1) is 35.4.